The number of ether oxygens (including phenoxy) is 1. The fraction of sp³-hybridized carbons (Fsp3) is 0.120. The molecule has 0 aliphatic rings. The maximum atomic E-state index is 13.1. The Morgan fingerprint density at radius 1 is 0.967 bits per heavy atom. The number of pyridine rings is 1. The van der Waals surface area contributed by atoms with Gasteiger partial charge in [0, 0.05) is 17.0 Å². The SMILES string of the molecule is CCOc1ccc(N=Cc2c(O)n(-c3ccc(C)cc3)c(=O)c3ccccc23)cc1. The zero-order valence-corrected chi connectivity index (χ0v) is 16.9. The first-order valence-corrected chi connectivity index (χ1v) is 9.79. The standard InChI is InChI=1S/C25H22N2O3/c1-3-30-20-14-10-18(11-15-20)26-16-23-21-6-4-5-7-22(21)24(28)27(25(23)29)19-12-8-17(2)9-13-19/h4-16,29H,3H2,1-2H3. The van der Waals surface area contributed by atoms with Crippen LogP contribution >= 0.6 is 0 Å². The maximum Gasteiger partial charge on any atom is 0.265 e. The van der Waals surface area contributed by atoms with Crippen molar-refractivity contribution in [2.75, 3.05) is 6.61 Å². The quantitative estimate of drug-likeness (QED) is 0.473. The lowest BCUT2D eigenvalue weighted by Gasteiger charge is -2.14. The highest BCUT2D eigenvalue weighted by Gasteiger charge is 2.16. The number of benzene rings is 3. The minimum absolute atomic E-state index is 0.141. The minimum atomic E-state index is -0.273. The molecular weight excluding hydrogens is 376 g/mol. The van der Waals surface area contributed by atoms with E-state index in [0.29, 0.717) is 28.6 Å². The molecule has 1 aromatic heterocycles. The van der Waals surface area contributed by atoms with E-state index in [1.165, 1.54) is 4.57 Å². The summed E-state index contributed by atoms with van der Waals surface area (Å²) >= 11 is 0. The minimum Gasteiger partial charge on any atom is -0.494 e. The highest BCUT2D eigenvalue weighted by Crippen LogP contribution is 2.27. The van der Waals surface area contributed by atoms with Gasteiger partial charge in [0.1, 0.15) is 5.75 Å². The van der Waals surface area contributed by atoms with Crippen LogP contribution in [-0.2, 0) is 0 Å². The number of aryl methyl sites for hydroxylation is 1. The zero-order chi connectivity index (χ0) is 21.1. The van der Waals surface area contributed by atoms with Gasteiger partial charge in [0.2, 0.25) is 5.88 Å². The van der Waals surface area contributed by atoms with Crippen LogP contribution in [0.5, 0.6) is 11.6 Å². The van der Waals surface area contributed by atoms with Crippen molar-refractivity contribution in [1.82, 2.24) is 4.57 Å². The predicted molar refractivity (Wildman–Crippen MR) is 121 cm³/mol. The number of hydrogen-bond acceptors (Lipinski definition) is 4. The Hall–Kier alpha value is -3.86. The lowest BCUT2D eigenvalue weighted by Crippen LogP contribution is -2.20. The highest BCUT2D eigenvalue weighted by atomic mass is 16.5. The van der Waals surface area contributed by atoms with Crippen LogP contribution in [0.1, 0.15) is 18.1 Å². The summed E-state index contributed by atoms with van der Waals surface area (Å²) < 4.78 is 6.78. The molecule has 1 heterocycles. The number of fused-ring (bicyclic) bond motifs is 1. The lowest BCUT2D eigenvalue weighted by molar-refractivity contribution is 0.340. The Morgan fingerprint density at radius 2 is 1.63 bits per heavy atom. The molecule has 0 amide bonds. The van der Waals surface area contributed by atoms with Crippen molar-refractivity contribution in [2.45, 2.75) is 13.8 Å². The van der Waals surface area contributed by atoms with E-state index in [1.54, 1.807) is 12.3 Å². The number of hydrogen-bond donors (Lipinski definition) is 1. The average Bonchev–Trinajstić information content (AvgIpc) is 2.76. The van der Waals surface area contributed by atoms with Crippen molar-refractivity contribution in [3.63, 3.8) is 0 Å². The number of aromatic hydroxyl groups is 1. The molecule has 3 aromatic carbocycles. The fourth-order valence-electron chi connectivity index (χ4n) is 3.36. The number of aromatic nitrogens is 1. The van der Waals surface area contributed by atoms with Crippen LogP contribution in [0, 0.1) is 6.92 Å². The molecule has 4 rings (SSSR count). The van der Waals surface area contributed by atoms with Crippen molar-refractivity contribution in [2.24, 2.45) is 4.99 Å². The van der Waals surface area contributed by atoms with Gasteiger partial charge in [0.25, 0.3) is 5.56 Å². The molecule has 0 atom stereocenters. The third kappa shape index (κ3) is 3.70. The van der Waals surface area contributed by atoms with Gasteiger partial charge in [0.15, 0.2) is 0 Å². The van der Waals surface area contributed by atoms with Crippen LogP contribution < -0.4 is 10.3 Å². The Labute approximate surface area is 174 Å². The summed E-state index contributed by atoms with van der Waals surface area (Å²) in [5.41, 5.74) is 2.61. The summed E-state index contributed by atoms with van der Waals surface area (Å²) in [6.07, 6.45) is 1.59. The van der Waals surface area contributed by atoms with Gasteiger partial charge in [-0.3, -0.25) is 9.79 Å². The molecule has 0 saturated heterocycles. The molecule has 5 heteroatoms. The largest absolute Gasteiger partial charge is 0.494 e. The van der Waals surface area contributed by atoms with Crippen LogP contribution in [0.25, 0.3) is 16.5 Å². The topological polar surface area (TPSA) is 63.8 Å². The van der Waals surface area contributed by atoms with Gasteiger partial charge < -0.3 is 9.84 Å². The van der Waals surface area contributed by atoms with E-state index in [9.17, 15) is 9.90 Å². The second-order valence-electron chi connectivity index (χ2n) is 6.94. The normalized spacial score (nSPS) is 11.3. The summed E-state index contributed by atoms with van der Waals surface area (Å²) in [5.74, 6) is 0.634. The number of nitrogens with zero attached hydrogens (tertiary/aromatic N) is 2. The monoisotopic (exact) mass is 398 g/mol. The Bertz CT molecular complexity index is 1270. The Morgan fingerprint density at radius 3 is 2.30 bits per heavy atom. The van der Waals surface area contributed by atoms with Crippen molar-refractivity contribution >= 4 is 22.7 Å². The second kappa shape index (κ2) is 8.25. The van der Waals surface area contributed by atoms with Gasteiger partial charge in [0.05, 0.1) is 23.5 Å². The van der Waals surface area contributed by atoms with Crippen molar-refractivity contribution in [3.8, 4) is 17.3 Å². The van der Waals surface area contributed by atoms with Crippen LogP contribution in [0.4, 0.5) is 5.69 Å². The summed E-state index contributed by atoms with van der Waals surface area (Å²) in [6, 6.07) is 22.1. The van der Waals surface area contributed by atoms with E-state index in [4.69, 9.17) is 4.74 Å². The van der Waals surface area contributed by atoms with Crippen LogP contribution in [0.15, 0.2) is 82.6 Å². The number of rotatable bonds is 5. The van der Waals surface area contributed by atoms with Crippen LogP contribution in [0.3, 0.4) is 0 Å². The van der Waals surface area contributed by atoms with E-state index in [1.807, 2.05) is 80.6 Å². The lowest BCUT2D eigenvalue weighted by atomic mass is 10.1. The highest BCUT2D eigenvalue weighted by molar-refractivity contribution is 6.02. The predicted octanol–water partition coefficient (Wildman–Crippen LogP) is 5.15. The van der Waals surface area contributed by atoms with E-state index in [0.717, 1.165) is 17.0 Å². The van der Waals surface area contributed by atoms with Crippen molar-refractivity contribution < 1.29 is 9.84 Å². The van der Waals surface area contributed by atoms with E-state index >= 15 is 0 Å². The first-order chi connectivity index (χ1) is 14.6. The second-order valence-corrected chi connectivity index (χ2v) is 6.94. The molecule has 0 radical (unpaired) electrons. The molecule has 0 aliphatic carbocycles. The van der Waals surface area contributed by atoms with Gasteiger partial charge in [-0.2, -0.15) is 0 Å². The molecule has 4 aromatic rings. The molecule has 0 saturated carbocycles. The van der Waals surface area contributed by atoms with Gasteiger partial charge in [-0.25, -0.2) is 4.57 Å². The first-order valence-electron chi connectivity index (χ1n) is 9.79. The molecule has 150 valence electrons. The van der Waals surface area contributed by atoms with Crippen molar-refractivity contribution in [1.29, 1.82) is 0 Å². The van der Waals surface area contributed by atoms with Crippen molar-refractivity contribution in [3.05, 3.63) is 94.3 Å². The third-order valence-electron chi connectivity index (χ3n) is 4.89. The first kappa shape index (κ1) is 19.5. The Balaban J connectivity index is 1.86. The summed E-state index contributed by atoms with van der Waals surface area (Å²) in [6.45, 7) is 4.51. The van der Waals surface area contributed by atoms with E-state index in [-0.39, 0.29) is 11.4 Å². The molecule has 0 unspecified atom stereocenters. The Kier molecular flexibility index (Phi) is 5.35. The smallest absolute Gasteiger partial charge is 0.265 e. The molecule has 30 heavy (non-hydrogen) atoms. The summed E-state index contributed by atoms with van der Waals surface area (Å²) in [5, 5.41) is 12.2. The van der Waals surface area contributed by atoms with Crippen LogP contribution in [-0.4, -0.2) is 22.5 Å². The van der Waals surface area contributed by atoms with E-state index in [2.05, 4.69) is 4.99 Å². The van der Waals surface area contributed by atoms with E-state index < -0.39 is 0 Å². The molecule has 0 spiro atoms. The third-order valence-corrected chi connectivity index (χ3v) is 4.89. The summed E-state index contributed by atoms with van der Waals surface area (Å²) in [4.78, 5) is 17.6. The molecule has 0 aliphatic heterocycles. The van der Waals surface area contributed by atoms with Gasteiger partial charge in [-0.15, -0.1) is 0 Å². The molecule has 5 nitrogen and oxygen atoms in total. The zero-order valence-electron chi connectivity index (χ0n) is 16.9. The maximum absolute atomic E-state index is 13.1. The van der Waals surface area contributed by atoms with Gasteiger partial charge >= 0.3 is 0 Å². The number of aliphatic imine (C=N–C) groups is 1. The molecule has 0 fully saturated rings. The average molecular weight is 398 g/mol. The molecule has 0 bridgehead atoms. The van der Waals surface area contributed by atoms with Gasteiger partial charge in [-0.1, -0.05) is 35.9 Å². The van der Waals surface area contributed by atoms with Crippen LogP contribution in [0.2, 0.25) is 0 Å². The molecular formula is C25H22N2O3. The molecule has 1 N–H and O–H groups in total. The van der Waals surface area contributed by atoms with Gasteiger partial charge in [-0.05, 0) is 56.3 Å². The fourth-order valence-corrected chi connectivity index (χ4v) is 3.36. The summed E-state index contributed by atoms with van der Waals surface area (Å²) in [7, 11) is 0.